The molecule has 2 amide bonds. The lowest BCUT2D eigenvalue weighted by Gasteiger charge is -2.28. The van der Waals surface area contributed by atoms with Gasteiger partial charge < -0.3 is 21.4 Å². The predicted molar refractivity (Wildman–Crippen MR) is 148 cm³/mol. The first kappa shape index (κ1) is 24.5. The van der Waals surface area contributed by atoms with Crippen LogP contribution in [0.25, 0.3) is 44.7 Å². The molecule has 0 unspecified atom stereocenters. The first-order valence-corrected chi connectivity index (χ1v) is 12.7. The minimum Gasteiger partial charge on any atom is -0.355 e. The van der Waals surface area contributed by atoms with E-state index in [2.05, 4.69) is 47.7 Å². The number of benzene rings is 1. The molecular formula is C27H28N10O2. The number of nitrogen functional groups attached to an aromatic ring is 1. The van der Waals surface area contributed by atoms with E-state index >= 15 is 0 Å². The number of piperidine rings is 1. The number of amides is 2. The second-order valence-electron chi connectivity index (χ2n) is 9.78. The number of fused-ring (bicyclic) bond motifs is 2. The molecule has 0 radical (unpaired) electrons. The molecule has 0 saturated carbocycles. The minimum atomic E-state index is -0.253. The number of likely N-dealkylation sites (tertiary alicyclic amines) is 1. The van der Waals surface area contributed by atoms with E-state index in [0.29, 0.717) is 44.8 Å². The van der Waals surface area contributed by atoms with E-state index in [-0.39, 0.29) is 17.7 Å². The van der Waals surface area contributed by atoms with Gasteiger partial charge in [0.25, 0.3) is 5.91 Å². The number of hydrogen-bond donors (Lipinski definition) is 4. The van der Waals surface area contributed by atoms with E-state index < -0.39 is 0 Å². The summed E-state index contributed by atoms with van der Waals surface area (Å²) in [5, 5.41) is 13.7. The van der Waals surface area contributed by atoms with Crippen molar-refractivity contribution in [2.75, 3.05) is 38.3 Å². The first-order chi connectivity index (χ1) is 18.9. The molecule has 5 heterocycles. The van der Waals surface area contributed by atoms with E-state index in [1.165, 1.54) is 4.68 Å². The number of aromatic amines is 1. The van der Waals surface area contributed by atoms with Crippen LogP contribution in [0.15, 0.2) is 48.9 Å². The SMILES string of the molecule is CNC(=O)c1cccc2c1nc(-c1n[nH]c3ncc(-c4cncc(NC(=O)C5CCN(C)CC5)c4)cc13)n2N. The zero-order valence-corrected chi connectivity index (χ0v) is 21.6. The number of para-hydroxylation sites is 1. The number of H-pyrrole nitrogens is 1. The maximum absolute atomic E-state index is 12.8. The third-order valence-electron chi connectivity index (χ3n) is 7.25. The smallest absolute Gasteiger partial charge is 0.253 e. The van der Waals surface area contributed by atoms with E-state index in [0.717, 1.165) is 37.1 Å². The Balaban J connectivity index is 1.34. The fraction of sp³-hybridized carbons (Fsp3) is 0.259. The molecule has 12 heteroatoms. The largest absolute Gasteiger partial charge is 0.355 e. The van der Waals surface area contributed by atoms with Crippen LogP contribution in [0.4, 0.5) is 5.69 Å². The van der Waals surface area contributed by atoms with E-state index in [4.69, 9.17) is 5.84 Å². The summed E-state index contributed by atoms with van der Waals surface area (Å²) in [5.41, 5.74) is 4.78. The Morgan fingerprint density at radius 1 is 1.10 bits per heavy atom. The molecule has 1 aliphatic heterocycles. The van der Waals surface area contributed by atoms with Gasteiger partial charge in [-0.1, -0.05) is 6.07 Å². The second-order valence-corrected chi connectivity index (χ2v) is 9.78. The summed E-state index contributed by atoms with van der Waals surface area (Å²) in [4.78, 5) is 41.0. The van der Waals surface area contributed by atoms with Gasteiger partial charge in [-0.3, -0.25) is 19.7 Å². The summed E-state index contributed by atoms with van der Waals surface area (Å²) in [6.07, 6.45) is 6.78. The summed E-state index contributed by atoms with van der Waals surface area (Å²) < 4.78 is 1.42. The van der Waals surface area contributed by atoms with Gasteiger partial charge in [0.2, 0.25) is 5.91 Å². The van der Waals surface area contributed by atoms with Gasteiger partial charge in [-0.25, -0.2) is 14.6 Å². The van der Waals surface area contributed by atoms with Crippen LogP contribution >= 0.6 is 0 Å². The maximum Gasteiger partial charge on any atom is 0.253 e. The molecule has 0 spiro atoms. The van der Waals surface area contributed by atoms with Crippen LogP contribution in [0, 0.1) is 5.92 Å². The van der Waals surface area contributed by atoms with Gasteiger partial charge in [0.05, 0.1) is 28.4 Å². The van der Waals surface area contributed by atoms with Crippen LogP contribution in [0.2, 0.25) is 0 Å². The number of nitrogens with two attached hydrogens (primary N) is 1. The van der Waals surface area contributed by atoms with Gasteiger partial charge in [-0.2, -0.15) is 5.10 Å². The van der Waals surface area contributed by atoms with Crippen LogP contribution in [0.1, 0.15) is 23.2 Å². The summed E-state index contributed by atoms with van der Waals surface area (Å²) in [6.45, 7) is 1.83. The van der Waals surface area contributed by atoms with Gasteiger partial charge in [0.1, 0.15) is 11.2 Å². The van der Waals surface area contributed by atoms with Gasteiger partial charge >= 0.3 is 0 Å². The lowest BCUT2D eigenvalue weighted by molar-refractivity contribution is -0.121. The maximum atomic E-state index is 12.8. The zero-order chi connectivity index (χ0) is 27.1. The van der Waals surface area contributed by atoms with E-state index in [9.17, 15) is 9.59 Å². The fourth-order valence-corrected chi connectivity index (χ4v) is 5.02. The minimum absolute atomic E-state index is 0.00389. The van der Waals surface area contributed by atoms with Crippen molar-refractivity contribution in [1.29, 1.82) is 0 Å². The average Bonchev–Trinajstić information content (AvgIpc) is 3.53. The van der Waals surface area contributed by atoms with Gasteiger partial charge in [-0.15, -0.1) is 0 Å². The van der Waals surface area contributed by atoms with Gasteiger partial charge in [-0.05, 0) is 57.2 Å². The van der Waals surface area contributed by atoms with Gasteiger partial charge in [0.15, 0.2) is 11.5 Å². The Morgan fingerprint density at radius 2 is 1.90 bits per heavy atom. The average molecular weight is 525 g/mol. The van der Waals surface area contributed by atoms with E-state index in [1.807, 2.05) is 12.1 Å². The molecule has 1 saturated heterocycles. The fourth-order valence-electron chi connectivity index (χ4n) is 5.02. The highest BCUT2D eigenvalue weighted by atomic mass is 16.2. The summed E-state index contributed by atoms with van der Waals surface area (Å²) in [6, 6.07) is 9.07. The number of hydrogen-bond acceptors (Lipinski definition) is 8. The van der Waals surface area contributed by atoms with Crippen molar-refractivity contribution in [1.82, 2.24) is 40.0 Å². The Morgan fingerprint density at radius 3 is 2.69 bits per heavy atom. The lowest BCUT2D eigenvalue weighted by atomic mass is 9.96. The second kappa shape index (κ2) is 9.80. The quantitative estimate of drug-likeness (QED) is 0.255. The molecule has 5 aromatic rings. The number of nitrogens with one attached hydrogen (secondary N) is 3. The highest BCUT2D eigenvalue weighted by molar-refractivity contribution is 6.06. The highest BCUT2D eigenvalue weighted by Crippen LogP contribution is 2.31. The zero-order valence-electron chi connectivity index (χ0n) is 21.6. The Kier molecular flexibility index (Phi) is 6.15. The number of carbonyl (C=O) groups is 2. The van der Waals surface area contributed by atoms with Crippen LogP contribution in [-0.2, 0) is 4.79 Å². The number of pyridine rings is 2. The molecule has 0 atom stereocenters. The van der Waals surface area contributed by atoms with Crippen molar-refractivity contribution in [2.24, 2.45) is 5.92 Å². The highest BCUT2D eigenvalue weighted by Gasteiger charge is 2.24. The third-order valence-corrected chi connectivity index (χ3v) is 7.25. The van der Waals surface area contributed by atoms with Crippen LogP contribution in [0.3, 0.4) is 0 Å². The van der Waals surface area contributed by atoms with Crippen LogP contribution < -0.4 is 16.5 Å². The van der Waals surface area contributed by atoms with Crippen molar-refractivity contribution in [3.05, 3.63) is 54.5 Å². The first-order valence-electron chi connectivity index (χ1n) is 12.7. The number of carbonyl (C=O) groups excluding carboxylic acids is 2. The topological polar surface area (TPSA) is 160 Å². The summed E-state index contributed by atoms with van der Waals surface area (Å²) >= 11 is 0. The number of rotatable bonds is 5. The molecule has 4 aromatic heterocycles. The van der Waals surface area contributed by atoms with Crippen molar-refractivity contribution in [3.8, 4) is 22.6 Å². The summed E-state index contributed by atoms with van der Waals surface area (Å²) in [5.74, 6) is 6.57. The monoisotopic (exact) mass is 524 g/mol. The number of aromatic nitrogens is 6. The van der Waals surface area contributed by atoms with E-state index in [1.54, 1.807) is 43.8 Å². The molecule has 6 rings (SSSR count). The molecule has 1 fully saturated rings. The van der Waals surface area contributed by atoms with Crippen LogP contribution in [0.5, 0.6) is 0 Å². The molecular weight excluding hydrogens is 496 g/mol. The third kappa shape index (κ3) is 4.44. The molecule has 0 bridgehead atoms. The van der Waals surface area contributed by atoms with Crippen molar-refractivity contribution >= 4 is 39.6 Å². The lowest BCUT2D eigenvalue weighted by Crippen LogP contribution is -2.35. The number of anilines is 1. The van der Waals surface area contributed by atoms with Gasteiger partial charge in [0, 0.05) is 36.5 Å². The van der Waals surface area contributed by atoms with Crippen molar-refractivity contribution in [3.63, 3.8) is 0 Å². The van der Waals surface area contributed by atoms with Crippen molar-refractivity contribution in [2.45, 2.75) is 12.8 Å². The molecule has 12 nitrogen and oxygen atoms in total. The normalized spacial score (nSPS) is 14.6. The van der Waals surface area contributed by atoms with Crippen molar-refractivity contribution < 1.29 is 9.59 Å². The molecule has 5 N–H and O–H groups in total. The standard InChI is InChI=1S/C27H28N10O2/c1-29-27(39)19-4-3-5-21-22(19)33-25(37(21)28)23-20-11-17(13-31-24(20)35-34-23)16-10-18(14-30-12-16)32-26(38)15-6-8-36(2)9-7-15/h3-5,10-15H,6-9,28H2,1-2H3,(H,29,39)(H,32,38)(H,31,34,35). The Bertz CT molecular complexity index is 1710. The molecule has 0 aliphatic carbocycles. The molecule has 198 valence electrons. The predicted octanol–water partition coefficient (Wildman–Crippen LogP) is 2.39. The Hall–Kier alpha value is -4.84. The Labute approximate surface area is 223 Å². The molecule has 1 aromatic carbocycles. The molecule has 39 heavy (non-hydrogen) atoms. The van der Waals surface area contributed by atoms with Crippen LogP contribution in [-0.4, -0.2) is 73.7 Å². The number of imidazole rings is 1. The summed E-state index contributed by atoms with van der Waals surface area (Å²) in [7, 11) is 3.64. The number of nitrogens with zero attached hydrogens (tertiary/aromatic N) is 6. The molecule has 1 aliphatic rings.